The molecule has 3 heterocycles. The number of thiophene rings is 1. The number of nitrogens with one attached hydrogen (secondary N) is 1. The van der Waals surface area contributed by atoms with Gasteiger partial charge in [-0.25, -0.2) is 0 Å². The molecular formula is C20H14Cl2F3N5OS. The number of halogens is 5. The lowest BCUT2D eigenvalue weighted by molar-refractivity contribution is -0.141. The summed E-state index contributed by atoms with van der Waals surface area (Å²) in [6, 6.07) is 9.35. The fourth-order valence-corrected chi connectivity index (χ4v) is 4.15. The smallest absolute Gasteiger partial charge is 0.304 e. The third-order valence-electron chi connectivity index (χ3n) is 4.38. The summed E-state index contributed by atoms with van der Waals surface area (Å²) in [6.45, 7) is 0.523. The average Bonchev–Trinajstić information content (AvgIpc) is 3.45. The van der Waals surface area contributed by atoms with Gasteiger partial charge in [-0.2, -0.15) is 23.4 Å². The molecule has 0 aliphatic rings. The molecule has 0 unspecified atom stereocenters. The fourth-order valence-electron chi connectivity index (χ4n) is 2.88. The lowest BCUT2D eigenvalue weighted by atomic mass is 10.2. The van der Waals surface area contributed by atoms with Crippen LogP contribution in [0.2, 0.25) is 10.0 Å². The van der Waals surface area contributed by atoms with E-state index in [0.717, 1.165) is 11.6 Å². The Labute approximate surface area is 194 Å². The van der Waals surface area contributed by atoms with Crippen molar-refractivity contribution in [3.05, 3.63) is 85.9 Å². The molecule has 0 spiro atoms. The highest BCUT2D eigenvalue weighted by Gasteiger charge is 2.33. The Morgan fingerprint density at radius 3 is 2.50 bits per heavy atom. The van der Waals surface area contributed by atoms with Crippen molar-refractivity contribution in [3.63, 3.8) is 0 Å². The molecule has 0 aliphatic heterocycles. The Balaban J connectivity index is 1.38. The first-order valence-corrected chi connectivity index (χ1v) is 10.8. The van der Waals surface area contributed by atoms with E-state index < -0.39 is 11.9 Å². The van der Waals surface area contributed by atoms with Gasteiger partial charge in [0.15, 0.2) is 11.5 Å². The largest absolute Gasteiger partial charge is 0.435 e. The Morgan fingerprint density at radius 2 is 1.78 bits per heavy atom. The molecule has 4 aromatic rings. The monoisotopic (exact) mass is 499 g/mol. The van der Waals surface area contributed by atoms with Crippen LogP contribution in [0, 0.1) is 0 Å². The maximum atomic E-state index is 12.7. The maximum Gasteiger partial charge on any atom is 0.435 e. The van der Waals surface area contributed by atoms with Crippen LogP contribution in [-0.2, 0) is 19.3 Å². The van der Waals surface area contributed by atoms with Crippen molar-refractivity contribution in [1.82, 2.24) is 19.6 Å². The van der Waals surface area contributed by atoms with Crippen LogP contribution in [0.3, 0.4) is 0 Å². The van der Waals surface area contributed by atoms with E-state index in [2.05, 4.69) is 15.5 Å². The summed E-state index contributed by atoms with van der Waals surface area (Å²) in [6.07, 6.45) is -1.54. The number of anilines is 1. The topological polar surface area (TPSA) is 64.7 Å². The maximum absolute atomic E-state index is 12.7. The average molecular weight is 500 g/mol. The Bertz CT molecular complexity index is 1260. The number of aromatic nitrogens is 4. The second kappa shape index (κ2) is 8.97. The normalized spacial score (nSPS) is 11.7. The molecule has 0 saturated heterocycles. The molecule has 3 aromatic heterocycles. The molecule has 0 aliphatic carbocycles. The van der Waals surface area contributed by atoms with E-state index in [-0.39, 0.29) is 12.5 Å². The summed E-state index contributed by atoms with van der Waals surface area (Å²) in [5.41, 5.74) is 0.535. The number of rotatable bonds is 6. The summed E-state index contributed by atoms with van der Waals surface area (Å²) in [7, 11) is 0. The highest BCUT2D eigenvalue weighted by Crippen LogP contribution is 2.27. The van der Waals surface area contributed by atoms with E-state index >= 15 is 0 Å². The van der Waals surface area contributed by atoms with E-state index in [1.54, 1.807) is 46.6 Å². The molecule has 0 radical (unpaired) electrons. The number of nitrogens with zero attached hydrogens (tertiary/aromatic N) is 4. The summed E-state index contributed by atoms with van der Waals surface area (Å²) >= 11 is 13.3. The molecule has 166 valence electrons. The molecule has 1 amide bonds. The molecule has 32 heavy (non-hydrogen) atoms. The standard InChI is InChI=1S/C20H14Cl2F3N5OS/c21-14-2-1-13(15(22)8-14)10-30-6-4-18(28-30)26-19(31)16-7-12(11-32-16)9-29-5-3-17(27-29)20(23,24)25/h1-8,11H,9-10H2,(H,26,28,31). The van der Waals surface area contributed by atoms with Gasteiger partial charge in [-0.05, 0) is 40.8 Å². The molecule has 12 heteroatoms. The van der Waals surface area contributed by atoms with Gasteiger partial charge in [0.1, 0.15) is 0 Å². The van der Waals surface area contributed by atoms with Crippen LogP contribution < -0.4 is 5.32 Å². The fraction of sp³-hybridized carbons (Fsp3) is 0.150. The summed E-state index contributed by atoms with van der Waals surface area (Å²) in [5.74, 6) is -0.00981. The number of carbonyl (C=O) groups is 1. The zero-order valence-corrected chi connectivity index (χ0v) is 18.4. The molecule has 4 rings (SSSR count). The van der Waals surface area contributed by atoms with E-state index in [1.165, 1.54) is 22.2 Å². The number of alkyl halides is 3. The summed E-state index contributed by atoms with van der Waals surface area (Å²) in [5, 5.41) is 13.3. The minimum absolute atomic E-state index is 0.121. The quantitative estimate of drug-likeness (QED) is 0.363. The molecule has 0 atom stereocenters. The van der Waals surface area contributed by atoms with Gasteiger partial charge in [-0.15, -0.1) is 11.3 Å². The highest BCUT2D eigenvalue weighted by atomic mass is 35.5. The van der Waals surface area contributed by atoms with Crippen molar-refractivity contribution in [2.24, 2.45) is 0 Å². The number of hydrogen-bond acceptors (Lipinski definition) is 4. The second-order valence-electron chi connectivity index (χ2n) is 6.80. The lowest BCUT2D eigenvalue weighted by Crippen LogP contribution is -2.11. The van der Waals surface area contributed by atoms with Gasteiger partial charge in [-0.3, -0.25) is 14.2 Å². The van der Waals surface area contributed by atoms with Crippen molar-refractivity contribution in [2.45, 2.75) is 19.3 Å². The second-order valence-corrected chi connectivity index (χ2v) is 8.56. The Hall–Kier alpha value is -2.82. The molecule has 6 nitrogen and oxygen atoms in total. The SMILES string of the molecule is O=C(Nc1ccn(Cc2ccc(Cl)cc2Cl)n1)c1cc(Cn2ccc(C(F)(F)F)n2)cs1. The number of hydrogen-bond donors (Lipinski definition) is 1. The van der Waals surface area contributed by atoms with Gasteiger partial charge in [0.2, 0.25) is 0 Å². The van der Waals surface area contributed by atoms with E-state index in [0.29, 0.717) is 32.8 Å². The first kappa shape index (κ1) is 22.4. The molecule has 1 N–H and O–H groups in total. The van der Waals surface area contributed by atoms with E-state index in [4.69, 9.17) is 23.2 Å². The van der Waals surface area contributed by atoms with Crippen LogP contribution in [0.1, 0.15) is 26.5 Å². The molecule has 0 saturated carbocycles. The van der Waals surface area contributed by atoms with Gasteiger partial charge in [0, 0.05) is 28.5 Å². The highest BCUT2D eigenvalue weighted by molar-refractivity contribution is 7.12. The van der Waals surface area contributed by atoms with Crippen LogP contribution in [0.25, 0.3) is 0 Å². The van der Waals surface area contributed by atoms with Crippen LogP contribution >= 0.6 is 34.5 Å². The lowest BCUT2D eigenvalue weighted by Gasteiger charge is -2.05. The van der Waals surface area contributed by atoms with Crippen LogP contribution in [0.5, 0.6) is 0 Å². The van der Waals surface area contributed by atoms with Crippen LogP contribution in [-0.4, -0.2) is 25.5 Å². The third-order valence-corrected chi connectivity index (χ3v) is 5.95. The van der Waals surface area contributed by atoms with Gasteiger partial charge < -0.3 is 5.32 Å². The van der Waals surface area contributed by atoms with Crippen molar-refractivity contribution in [2.75, 3.05) is 5.32 Å². The number of carbonyl (C=O) groups excluding carboxylic acids is 1. The summed E-state index contributed by atoms with van der Waals surface area (Å²) in [4.78, 5) is 12.9. The van der Waals surface area contributed by atoms with Crippen LogP contribution in [0.4, 0.5) is 19.0 Å². The minimum Gasteiger partial charge on any atom is -0.304 e. The van der Waals surface area contributed by atoms with Crippen molar-refractivity contribution in [3.8, 4) is 0 Å². The predicted octanol–water partition coefficient (Wildman–Crippen LogP) is 5.82. The van der Waals surface area contributed by atoms with E-state index in [9.17, 15) is 18.0 Å². The summed E-state index contributed by atoms with van der Waals surface area (Å²) < 4.78 is 40.8. The van der Waals surface area contributed by atoms with Crippen LogP contribution in [0.15, 0.2) is 54.2 Å². The van der Waals surface area contributed by atoms with Crippen molar-refractivity contribution in [1.29, 1.82) is 0 Å². The van der Waals surface area contributed by atoms with Gasteiger partial charge >= 0.3 is 6.18 Å². The zero-order chi connectivity index (χ0) is 22.9. The first-order valence-electron chi connectivity index (χ1n) is 9.14. The minimum atomic E-state index is -4.49. The predicted molar refractivity (Wildman–Crippen MR) is 116 cm³/mol. The zero-order valence-electron chi connectivity index (χ0n) is 16.1. The van der Waals surface area contributed by atoms with Gasteiger partial charge in [0.05, 0.1) is 18.0 Å². The Morgan fingerprint density at radius 1 is 1.03 bits per heavy atom. The van der Waals surface area contributed by atoms with E-state index in [1.807, 2.05) is 0 Å². The molecule has 1 aromatic carbocycles. The number of benzene rings is 1. The van der Waals surface area contributed by atoms with Gasteiger partial charge in [-0.1, -0.05) is 29.3 Å². The first-order chi connectivity index (χ1) is 15.2. The Kier molecular flexibility index (Phi) is 6.27. The van der Waals surface area contributed by atoms with Crippen molar-refractivity contribution >= 4 is 46.3 Å². The number of amides is 1. The molecule has 0 fully saturated rings. The third kappa shape index (κ3) is 5.32. The molecule has 0 bridgehead atoms. The van der Waals surface area contributed by atoms with Crippen molar-refractivity contribution < 1.29 is 18.0 Å². The molecular weight excluding hydrogens is 486 g/mol. The van der Waals surface area contributed by atoms with Gasteiger partial charge in [0.25, 0.3) is 5.91 Å².